The molecule has 3 N–H and O–H groups in total. The predicted octanol–water partition coefficient (Wildman–Crippen LogP) is 3.59. The van der Waals surface area contributed by atoms with Gasteiger partial charge in [-0.1, -0.05) is 32.0 Å². The predicted molar refractivity (Wildman–Crippen MR) is 92.4 cm³/mol. The second-order valence-corrected chi connectivity index (χ2v) is 5.59. The van der Waals surface area contributed by atoms with E-state index in [1.165, 1.54) is 0 Å². The number of rotatable bonds is 6. The fourth-order valence-electron chi connectivity index (χ4n) is 2.48. The molecule has 2 aromatic rings. The maximum Gasteiger partial charge on any atom is 0.230 e. The van der Waals surface area contributed by atoms with E-state index >= 15 is 0 Å². The highest BCUT2D eigenvalue weighted by Gasteiger charge is 2.29. The number of halogens is 1. The molecule has 0 fully saturated rings. The molecule has 0 radical (unpaired) electrons. The summed E-state index contributed by atoms with van der Waals surface area (Å²) in [6.07, 6.45) is 1.64. The zero-order chi connectivity index (χ0) is 15.5. The van der Waals surface area contributed by atoms with Crippen molar-refractivity contribution in [3.05, 3.63) is 36.1 Å². The Labute approximate surface area is 137 Å². The van der Waals surface area contributed by atoms with E-state index in [0.717, 1.165) is 23.8 Å². The largest absolute Gasteiger partial charge is 0.460 e. The van der Waals surface area contributed by atoms with Crippen LogP contribution in [0.2, 0.25) is 0 Å². The fraction of sp³-hybridized carbons (Fsp3) is 0.471. The summed E-state index contributed by atoms with van der Waals surface area (Å²) in [6, 6.07) is 9.70. The highest BCUT2D eigenvalue weighted by Crippen LogP contribution is 2.26. The van der Waals surface area contributed by atoms with Crippen molar-refractivity contribution in [2.45, 2.75) is 45.1 Å². The van der Waals surface area contributed by atoms with Gasteiger partial charge in [0.25, 0.3) is 0 Å². The molecule has 1 aromatic carbocycles. The molecule has 2 rings (SSSR count). The van der Waals surface area contributed by atoms with Crippen LogP contribution in [0.1, 0.15) is 45.3 Å². The van der Waals surface area contributed by atoms with Crippen molar-refractivity contribution < 1.29 is 9.21 Å². The first kappa shape index (κ1) is 18.5. The second kappa shape index (κ2) is 7.65. The number of carbonyl (C=O) groups is 1. The Balaban J connectivity index is 0.00000242. The lowest BCUT2D eigenvalue weighted by molar-refractivity contribution is -0.124. The first-order valence-corrected chi connectivity index (χ1v) is 7.55. The molecule has 0 saturated heterocycles. The third-order valence-corrected chi connectivity index (χ3v) is 4.40. The van der Waals surface area contributed by atoms with E-state index in [0.29, 0.717) is 12.3 Å². The summed E-state index contributed by atoms with van der Waals surface area (Å²) in [4.78, 5) is 12.5. The summed E-state index contributed by atoms with van der Waals surface area (Å²) in [5.41, 5.74) is 6.33. The molecule has 0 spiro atoms. The quantitative estimate of drug-likeness (QED) is 0.853. The van der Waals surface area contributed by atoms with Crippen LogP contribution < -0.4 is 11.1 Å². The van der Waals surface area contributed by atoms with E-state index in [1.54, 1.807) is 0 Å². The van der Waals surface area contributed by atoms with Gasteiger partial charge in [0.15, 0.2) is 0 Å². The summed E-state index contributed by atoms with van der Waals surface area (Å²) < 4.78 is 5.77. The van der Waals surface area contributed by atoms with Gasteiger partial charge in [0.05, 0.1) is 11.5 Å². The molecule has 22 heavy (non-hydrogen) atoms. The van der Waals surface area contributed by atoms with Crippen molar-refractivity contribution in [1.82, 2.24) is 5.32 Å². The first-order valence-electron chi connectivity index (χ1n) is 7.55. The molecule has 0 aliphatic carbocycles. The average Bonchev–Trinajstić information content (AvgIpc) is 2.95. The Hall–Kier alpha value is -1.52. The summed E-state index contributed by atoms with van der Waals surface area (Å²) in [5, 5.41) is 4.12. The molecule has 1 heterocycles. The zero-order valence-corrected chi connectivity index (χ0v) is 14.2. The molecule has 5 heteroatoms. The van der Waals surface area contributed by atoms with Gasteiger partial charge >= 0.3 is 0 Å². The topological polar surface area (TPSA) is 68.3 Å². The minimum atomic E-state index is -0.332. The Morgan fingerprint density at radius 2 is 1.95 bits per heavy atom. The fourth-order valence-corrected chi connectivity index (χ4v) is 2.48. The molecule has 4 nitrogen and oxygen atoms in total. The molecule has 1 unspecified atom stereocenters. The Kier molecular flexibility index (Phi) is 6.45. The number of furan rings is 1. The molecular formula is C17H25ClN2O2. The second-order valence-electron chi connectivity index (χ2n) is 5.59. The third-order valence-electron chi connectivity index (χ3n) is 4.40. The van der Waals surface area contributed by atoms with E-state index in [-0.39, 0.29) is 29.8 Å². The van der Waals surface area contributed by atoms with Crippen LogP contribution in [0, 0.1) is 0 Å². The molecule has 122 valence electrons. The molecule has 0 aliphatic heterocycles. The number of carbonyl (C=O) groups excluding carboxylic acids is 1. The lowest BCUT2D eigenvalue weighted by Gasteiger charge is -2.32. The first-order chi connectivity index (χ1) is 10.0. The lowest BCUT2D eigenvalue weighted by atomic mass is 9.92. The van der Waals surface area contributed by atoms with Gasteiger partial charge in [0.1, 0.15) is 11.3 Å². The van der Waals surface area contributed by atoms with Crippen molar-refractivity contribution in [2.75, 3.05) is 6.54 Å². The molecule has 1 amide bonds. The van der Waals surface area contributed by atoms with E-state index in [9.17, 15) is 4.79 Å². The number of benzene rings is 1. The zero-order valence-electron chi connectivity index (χ0n) is 13.4. The van der Waals surface area contributed by atoms with Gasteiger partial charge in [-0.05, 0) is 31.9 Å². The number of fused-ring (bicyclic) bond motifs is 1. The number of para-hydroxylation sites is 1. The monoisotopic (exact) mass is 324 g/mol. The van der Waals surface area contributed by atoms with Gasteiger partial charge in [-0.3, -0.25) is 4.79 Å². The number of nitrogens with one attached hydrogen (secondary N) is 1. The minimum absolute atomic E-state index is 0. The van der Waals surface area contributed by atoms with Gasteiger partial charge in [0.2, 0.25) is 5.91 Å². The SMILES string of the molecule is CCC(CC)(CN)NC(=O)C(C)c1cc2ccccc2o1.Cl. The summed E-state index contributed by atoms with van der Waals surface area (Å²) in [5.74, 6) is 0.316. The standard InChI is InChI=1S/C17H24N2O2.ClH/c1-4-17(5-2,11-18)19-16(20)12(3)15-10-13-8-6-7-9-14(13)21-15;/h6-10,12H,4-5,11,18H2,1-3H3,(H,19,20);1H. The van der Waals surface area contributed by atoms with Crippen LogP contribution >= 0.6 is 12.4 Å². The number of hydrogen-bond acceptors (Lipinski definition) is 3. The molecule has 0 saturated carbocycles. The molecular weight excluding hydrogens is 300 g/mol. The smallest absolute Gasteiger partial charge is 0.230 e. The number of hydrogen-bond donors (Lipinski definition) is 2. The Bertz CT molecular complexity index is 579. The van der Waals surface area contributed by atoms with Gasteiger partial charge in [-0.15, -0.1) is 12.4 Å². The van der Waals surface area contributed by atoms with Crippen LogP contribution in [-0.4, -0.2) is 18.0 Å². The normalized spacial score (nSPS) is 12.7. The van der Waals surface area contributed by atoms with Gasteiger partial charge in [-0.2, -0.15) is 0 Å². The van der Waals surface area contributed by atoms with Gasteiger partial charge < -0.3 is 15.5 Å². The maximum absolute atomic E-state index is 12.5. The summed E-state index contributed by atoms with van der Waals surface area (Å²) in [7, 11) is 0. The Morgan fingerprint density at radius 1 is 1.32 bits per heavy atom. The van der Waals surface area contributed by atoms with Crippen LogP contribution in [0.4, 0.5) is 0 Å². The molecule has 1 aromatic heterocycles. The van der Waals surface area contributed by atoms with E-state index < -0.39 is 0 Å². The highest BCUT2D eigenvalue weighted by atomic mass is 35.5. The van der Waals surface area contributed by atoms with Crippen molar-refractivity contribution in [3.8, 4) is 0 Å². The summed E-state index contributed by atoms with van der Waals surface area (Å²) >= 11 is 0. The summed E-state index contributed by atoms with van der Waals surface area (Å²) in [6.45, 7) is 6.39. The van der Waals surface area contributed by atoms with Crippen molar-refractivity contribution >= 4 is 29.3 Å². The molecule has 0 aliphatic rings. The van der Waals surface area contributed by atoms with Gasteiger partial charge in [-0.25, -0.2) is 0 Å². The van der Waals surface area contributed by atoms with Crippen LogP contribution in [0.25, 0.3) is 11.0 Å². The average molecular weight is 325 g/mol. The van der Waals surface area contributed by atoms with E-state index in [2.05, 4.69) is 5.32 Å². The number of amides is 1. The van der Waals surface area contributed by atoms with Crippen molar-refractivity contribution in [1.29, 1.82) is 0 Å². The van der Waals surface area contributed by atoms with Crippen LogP contribution in [0.15, 0.2) is 34.7 Å². The Morgan fingerprint density at radius 3 is 2.50 bits per heavy atom. The van der Waals surface area contributed by atoms with Crippen LogP contribution in [0.3, 0.4) is 0 Å². The number of nitrogens with two attached hydrogens (primary N) is 1. The highest BCUT2D eigenvalue weighted by molar-refractivity contribution is 5.86. The van der Waals surface area contributed by atoms with Crippen LogP contribution in [-0.2, 0) is 4.79 Å². The third kappa shape index (κ3) is 3.62. The van der Waals surface area contributed by atoms with Crippen LogP contribution in [0.5, 0.6) is 0 Å². The van der Waals surface area contributed by atoms with Crippen molar-refractivity contribution in [3.63, 3.8) is 0 Å². The lowest BCUT2D eigenvalue weighted by Crippen LogP contribution is -2.53. The van der Waals surface area contributed by atoms with Crippen molar-refractivity contribution in [2.24, 2.45) is 5.73 Å². The molecule has 1 atom stereocenters. The molecule has 0 bridgehead atoms. The van der Waals surface area contributed by atoms with Gasteiger partial charge in [0, 0.05) is 11.9 Å². The maximum atomic E-state index is 12.5. The van der Waals surface area contributed by atoms with E-state index in [4.69, 9.17) is 10.2 Å². The van der Waals surface area contributed by atoms with E-state index in [1.807, 2.05) is 51.1 Å². The minimum Gasteiger partial charge on any atom is -0.460 e.